The zero-order valence-electron chi connectivity index (χ0n) is 20.0. The summed E-state index contributed by atoms with van der Waals surface area (Å²) in [7, 11) is 1.29. The number of ether oxygens (including phenoxy) is 2. The van der Waals surface area contributed by atoms with Gasteiger partial charge in [-0.3, -0.25) is 14.4 Å². The van der Waals surface area contributed by atoms with Crippen molar-refractivity contribution in [3.05, 3.63) is 11.6 Å². The van der Waals surface area contributed by atoms with Crippen molar-refractivity contribution in [2.24, 2.45) is 11.8 Å². The second kappa shape index (κ2) is 10.2. The standard InChI is InChI=1S/C23H37NO9/c1-6-15(18(27)32-5)12-14(3)16(25)21(4,29)9-7-8-13(2)17(26)23(31)19-22(30,10-11-33-19)24-20(23)28/h12-13,15-16,19,25,29-31H,6-11H2,1-5H3,(H,24,28)/b14-12+/t13?,15?,16-,19-,21-,22-,23-/m0/s1. The third-order valence-corrected chi connectivity index (χ3v) is 6.83. The number of aliphatic hydroxyl groups is 4. The number of amides is 1. The van der Waals surface area contributed by atoms with Gasteiger partial charge in [0.15, 0.2) is 11.5 Å². The minimum absolute atomic E-state index is 0.0792. The van der Waals surface area contributed by atoms with Crippen molar-refractivity contribution < 1.29 is 44.3 Å². The summed E-state index contributed by atoms with van der Waals surface area (Å²) in [5.74, 6) is -3.47. The van der Waals surface area contributed by atoms with Crippen LogP contribution in [0, 0.1) is 11.8 Å². The van der Waals surface area contributed by atoms with Gasteiger partial charge in [-0.15, -0.1) is 0 Å². The maximum atomic E-state index is 12.9. The van der Waals surface area contributed by atoms with Gasteiger partial charge in [0, 0.05) is 12.3 Å². The van der Waals surface area contributed by atoms with Gasteiger partial charge in [-0.05, 0) is 45.1 Å². The van der Waals surface area contributed by atoms with E-state index in [9.17, 15) is 34.8 Å². The largest absolute Gasteiger partial charge is 0.469 e. The molecule has 2 heterocycles. The van der Waals surface area contributed by atoms with Crippen molar-refractivity contribution in [3.8, 4) is 0 Å². The maximum absolute atomic E-state index is 12.9. The normalized spacial score (nSPS) is 31.8. The Morgan fingerprint density at radius 1 is 1.39 bits per heavy atom. The Hall–Kier alpha value is -1.85. The van der Waals surface area contributed by atoms with E-state index in [-0.39, 0.29) is 25.9 Å². The summed E-state index contributed by atoms with van der Waals surface area (Å²) in [6, 6.07) is 0. The van der Waals surface area contributed by atoms with Gasteiger partial charge in [0.2, 0.25) is 5.60 Å². The molecule has 0 aromatic heterocycles. The third-order valence-electron chi connectivity index (χ3n) is 6.83. The van der Waals surface area contributed by atoms with E-state index in [1.165, 1.54) is 14.0 Å². The van der Waals surface area contributed by atoms with Crippen molar-refractivity contribution >= 4 is 17.7 Å². The second-order valence-corrected chi connectivity index (χ2v) is 9.51. The number of hydrogen-bond donors (Lipinski definition) is 5. The highest BCUT2D eigenvalue weighted by Gasteiger charge is 2.68. The maximum Gasteiger partial charge on any atom is 0.312 e. The van der Waals surface area contributed by atoms with Gasteiger partial charge in [-0.25, -0.2) is 0 Å². The molecular weight excluding hydrogens is 434 g/mol. The summed E-state index contributed by atoms with van der Waals surface area (Å²) in [6.45, 7) is 6.55. The Morgan fingerprint density at radius 3 is 2.61 bits per heavy atom. The quantitative estimate of drug-likeness (QED) is 0.158. The molecule has 0 bridgehead atoms. The molecule has 2 saturated heterocycles. The van der Waals surface area contributed by atoms with Gasteiger partial charge in [0.1, 0.15) is 12.2 Å². The van der Waals surface area contributed by atoms with Crippen LogP contribution < -0.4 is 5.32 Å². The summed E-state index contributed by atoms with van der Waals surface area (Å²) >= 11 is 0. The molecule has 0 aromatic carbocycles. The van der Waals surface area contributed by atoms with Gasteiger partial charge in [-0.2, -0.15) is 0 Å². The molecule has 2 fully saturated rings. The van der Waals surface area contributed by atoms with Crippen LogP contribution in [0.4, 0.5) is 0 Å². The number of methoxy groups -OCH3 is 1. The molecule has 0 saturated carbocycles. The van der Waals surface area contributed by atoms with Crippen LogP contribution >= 0.6 is 0 Å². The molecular formula is C23H37NO9. The second-order valence-electron chi connectivity index (χ2n) is 9.51. The lowest BCUT2D eigenvalue weighted by molar-refractivity contribution is -0.166. The highest BCUT2D eigenvalue weighted by Crippen LogP contribution is 2.39. The molecule has 0 spiro atoms. The Kier molecular flexibility index (Phi) is 8.46. The number of aliphatic hydroxyl groups excluding tert-OH is 1. The van der Waals surface area contributed by atoms with E-state index < -0.39 is 58.6 Å². The van der Waals surface area contributed by atoms with Crippen LogP contribution in [-0.4, -0.2) is 80.9 Å². The Morgan fingerprint density at radius 2 is 2.03 bits per heavy atom. The fourth-order valence-electron chi connectivity index (χ4n) is 4.66. The smallest absolute Gasteiger partial charge is 0.312 e. The van der Waals surface area contributed by atoms with E-state index in [1.54, 1.807) is 19.9 Å². The monoisotopic (exact) mass is 471 g/mol. The van der Waals surface area contributed by atoms with Crippen molar-refractivity contribution in [2.45, 2.75) is 88.9 Å². The van der Waals surface area contributed by atoms with E-state index in [2.05, 4.69) is 5.32 Å². The summed E-state index contributed by atoms with van der Waals surface area (Å²) in [5, 5.41) is 45.0. The predicted molar refractivity (Wildman–Crippen MR) is 117 cm³/mol. The molecule has 0 radical (unpaired) electrons. The molecule has 2 rings (SSSR count). The first-order chi connectivity index (χ1) is 15.2. The predicted octanol–water partition coefficient (Wildman–Crippen LogP) is -0.0423. The molecule has 33 heavy (non-hydrogen) atoms. The highest BCUT2D eigenvalue weighted by atomic mass is 16.5. The summed E-state index contributed by atoms with van der Waals surface area (Å²) in [5.41, 5.74) is -5.35. The molecule has 0 aliphatic carbocycles. The van der Waals surface area contributed by atoms with Crippen molar-refractivity contribution in [1.82, 2.24) is 5.32 Å². The summed E-state index contributed by atoms with van der Waals surface area (Å²) in [4.78, 5) is 37.0. The fraction of sp³-hybridized carbons (Fsp3) is 0.783. The number of carbonyl (C=O) groups excluding carboxylic acids is 3. The molecule has 0 aromatic rings. The molecule has 10 heteroatoms. The van der Waals surface area contributed by atoms with Gasteiger partial charge < -0.3 is 35.2 Å². The number of Topliss-reactive ketones (excluding diaryl/α,β-unsaturated/α-hetero) is 1. The average Bonchev–Trinajstić information content (AvgIpc) is 3.23. The zero-order valence-corrected chi connectivity index (χ0v) is 20.0. The molecule has 1 amide bonds. The number of ketones is 1. The van der Waals surface area contributed by atoms with Crippen molar-refractivity contribution in [2.75, 3.05) is 13.7 Å². The van der Waals surface area contributed by atoms with Crippen LogP contribution in [0.15, 0.2) is 11.6 Å². The lowest BCUT2D eigenvalue weighted by atomic mass is 9.81. The molecule has 10 nitrogen and oxygen atoms in total. The Bertz CT molecular complexity index is 795. The van der Waals surface area contributed by atoms with Gasteiger partial charge >= 0.3 is 5.97 Å². The lowest BCUT2D eigenvalue weighted by Gasteiger charge is -2.31. The zero-order chi connectivity index (χ0) is 25.2. The number of nitrogens with one attached hydrogen (secondary N) is 1. The minimum Gasteiger partial charge on any atom is -0.469 e. The molecule has 7 atom stereocenters. The Labute approximate surface area is 194 Å². The van der Waals surface area contributed by atoms with Gasteiger partial charge in [-0.1, -0.05) is 19.9 Å². The number of hydrogen-bond acceptors (Lipinski definition) is 9. The van der Waals surface area contributed by atoms with E-state index in [0.29, 0.717) is 18.4 Å². The third kappa shape index (κ3) is 5.30. The van der Waals surface area contributed by atoms with Gasteiger partial charge in [0.05, 0.1) is 25.2 Å². The SMILES string of the molecule is CCC(/C=C(\C)[C@H](O)[C@@](C)(O)CCCC(C)C(=O)[C@@]1(O)C(=O)N[C@]2(O)CCO[C@H]12)C(=O)OC. The number of esters is 1. The van der Waals surface area contributed by atoms with Crippen molar-refractivity contribution in [1.29, 1.82) is 0 Å². The Balaban J connectivity index is 1.98. The van der Waals surface area contributed by atoms with E-state index in [4.69, 9.17) is 9.47 Å². The van der Waals surface area contributed by atoms with Crippen molar-refractivity contribution in [3.63, 3.8) is 0 Å². The van der Waals surface area contributed by atoms with Gasteiger partial charge in [0.25, 0.3) is 5.91 Å². The van der Waals surface area contributed by atoms with E-state index >= 15 is 0 Å². The van der Waals surface area contributed by atoms with E-state index in [1.807, 2.05) is 6.92 Å². The minimum atomic E-state index is -2.48. The fourth-order valence-corrected chi connectivity index (χ4v) is 4.66. The topological polar surface area (TPSA) is 163 Å². The number of fused-ring (bicyclic) bond motifs is 1. The van der Waals surface area contributed by atoms with E-state index in [0.717, 1.165) is 0 Å². The van der Waals surface area contributed by atoms with Crippen LogP contribution in [-0.2, 0) is 23.9 Å². The van der Waals surface area contributed by atoms with Crippen LogP contribution in [0.3, 0.4) is 0 Å². The van der Waals surface area contributed by atoms with Crippen LogP contribution in [0.1, 0.15) is 59.8 Å². The molecule has 188 valence electrons. The van der Waals surface area contributed by atoms with Crippen LogP contribution in [0.25, 0.3) is 0 Å². The van der Waals surface area contributed by atoms with Crippen LogP contribution in [0.5, 0.6) is 0 Å². The summed E-state index contributed by atoms with van der Waals surface area (Å²) < 4.78 is 10.0. The summed E-state index contributed by atoms with van der Waals surface area (Å²) in [6.07, 6.45) is 0.191. The number of carbonyl (C=O) groups is 3. The highest BCUT2D eigenvalue weighted by molar-refractivity contribution is 6.12. The molecule has 2 unspecified atom stereocenters. The molecule has 2 aliphatic rings. The number of rotatable bonds is 11. The molecule has 5 N–H and O–H groups in total. The first-order valence-electron chi connectivity index (χ1n) is 11.3. The first kappa shape index (κ1) is 27.4. The average molecular weight is 472 g/mol. The lowest BCUT2D eigenvalue weighted by Crippen LogP contribution is -2.56. The first-order valence-corrected chi connectivity index (χ1v) is 11.3. The molecule has 2 aliphatic heterocycles. The van der Waals surface area contributed by atoms with Crippen LogP contribution in [0.2, 0.25) is 0 Å².